The van der Waals surface area contributed by atoms with Gasteiger partial charge in [0.1, 0.15) is 4.21 Å². The first-order valence-corrected chi connectivity index (χ1v) is 11.9. The van der Waals surface area contributed by atoms with Crippen molar-refractivity contribution in [3.63, 3.8) is 0 Å². The van der Waals surface area contributed by atoms with Crippen LogP contribution in [0.2, 0.25) is 0 Å². The van der Waals surface area contributed by atoms with Gasteiger partial charge in [-0.05, 0) is 36.4 Å². The van der Waals surface area contributed by atoms with E-state index in [4.69, 9.17) is 9.26 Å². The Morgan fingerprint density at radius 2 is 2.09 bits per heavy atom. The number of non-ortho nitro benzene ring substituents is 1. The minimum Gasteiger partial charge on any atom is -0.455 e. The molecule has 1 aromatic carbocycles. The second-order valence-corrected chi connectivity index (χ2v) is 10.2. The lowest BCUT2D eigenvalue weighted by Crippen LogP contribution is -2.42. The maximum atomic E-state index is 12.7. The highest BCUT2D eigenvalue weighted by Crippen LogP contribution is 2.27. The van der Waals surface area contributed by atoms with Crippen LogP contribution >= 0.6 is 11.3 Å². The number of aromatic nitrogens is 2. The number of hydrogen-bond donors (Lipinski definition) is 0. The van der Waals surface area contributed by atoms with Crippen LogP contribution in [0, 0.1) is 16.0 Å². The van der Waals surface area contributed by atoms with Gasteiger partial charge in [0.15, 0.2) is 6.61 Å². The Morgan fingerprint density at radius 3 is 2.78 bits per heavy atom. The maximum absolute atomic E-state index is 12.7. The molecule has 1 aliphatic rings. The Bertz CT molecular complexity index is 1210. The number of nitro groups is 1. The van der Waals surface area contributed by atoms with Crippen LogP contribution < -0.4 is 0 Å². The Balaban J connectivity index is 1.35. The quantitative estimate of drug-likeness (QED) is 0.284. The summed E-state index contributed by atoms with van der Waals surface area (Å²) in [5.41, 5.74) is 0.452. The monoisotopic (exact) mass is 478 g/mol. The number of thiophene rings is 1. The van der Waals surface area contributed by atoms with Crippen LogP contribution in [0.25, 0.3) is 11.4 Å². The molecule has 1 saturated heterocycles. The highest BCUT2D eigenvalue weighted by atomic mass is 32.2. The van der Waals surface area contributed by atoms with Crippen molar-refractivity contribution >= 4 is 33.0 Å². The molecular weight excluding hydrogens is 460 g/mol. The summed E-state index contributed by atoms with van der Waals surface area (Å²) in [6.07, 6.45) is 1.07. The molecule has 1 aliphatic heterocycles. The Morgan fingerprint density at radius 1 is 1.31 bits per heavy atom. The Hall–Kier alpha value is -3.16. The third-order valence-corrected chi connectivity index (χ3v) is 8.19. The van der Waals surface area contributed by atoms with Crippen LogP contribution in [-0.2, 0) is 26.2 Å². The molecule has 0 N–H and O–H groups in total. The molecule has 1 unspecified atom stereocenters. The smallest absolute Gasteiger partial charge is 0.310 e. The number of carbonyl (C=O) groups is 1. The summed E-state index contributed by atoms with van der Waals surface area (Å²) in [7, 11) is -3.63. The molecule has 32 heavy (non-hydrogen) atoms. The van der Waals surface area contributed by atoms with Crippen molar-refractivity contribution in [3.05, 3.63) is 57.8 Å². The number of ether oxygens (including phenoxy) is 1. The van der Waals surface area contributed by atoms with Crippen LogP contribution in [0.3, 0.4) is 0 Å². The lowest BCUT2D eigenvalue weighted by atomic mass is 10.0. The van der Waals surface area contributed by atoms with Gasteiger partial charge in [0.25, 0.3) is 21.6 Å². The van der Waals surface area contributed by atoms with Gasteiger partial charge in [-0.3, -0.25) is 14.9 Å². The first-order chi connectivity index (χ1) is 15.3. The molecule has 0 radical (unpaired) electrons. The van der Waals surface area contributed by atoms with Gasteiger partial charge in [0.2, 0.25) is 5.82 Å². The first-order valence-electron chi connectivity index (χ1n) is 9.62. The lowest BCUT2D eigenvalue weighted by Gasteiger charge is -2.30. The minimum absolute atomic E-state index is 0.0525. The van der Waals surface area contributed by atoms with Crippen LogP contribution in [0.15, 0.2) is 50.5 Å². The highest BCUT2D eigenvalue weighted by Gasteiger charge is 2.34. The fourth-order valence-electron chi connectivity index (χ4n) is 3.30. The van der Waals surface area contributed by atoms with E-state index in [2.05, 4.69) is 10.1 Å². The number of benzene rings is 1. The van der Waals surface area contributed by atoms with Gasteiger partial charge in [0.05, 0.1) is 10.8 Å². The molecule has 1 atom stereocenters. The number of nitrogens with zero attached hydrogens (tertiary/aromatic N) is 4. The largest absolute Gasteiger partial charge is 0.455 e. The summed E-state index contributed by atoms with van der Waals surface area (Å²) >= 11 is 1.14. The average molecular weight is 479 g/mol. The maximum Gasteiger partial charge on any atom is 0.310 e. The second kappa shape index (κ2) is 9.14. The first kappa shape index (κ1) is 22.0. The zero-order valence-electron chi connectivity index (χ0n) is 16.6. The number of rotatable bonds is 7. The summed E-state index contributed by atoms with van der Waals surface area (Å²) in [6.45, 7) is 0.149. The molecule has 0 aliphatic carbocycles. The predicted molar refractivity (Wildman–Crippen MR) is 112 cm³/mol. The fourth-order valence-corrected chi connectivity index (χ4v) is 5.97. The van der Waals surface area contributed by atoms with Gasteiger partial charge in [-0.2, -0.15) is 9.29 Å². The molecule has 13 heteroatoms. The van der Waals surface area contributed by atoms with Crippen molar-refractivity contribution < 1.29 is 27.4 Å². The van der Waals surface area contributed by atoms with Gasteiger partial charge in [0, 0.05) is 30.8 Å². The molecule has 4 rings (SSSR count). The number of carbonyl (C=O) groups excluding carboxylic acids is 1. The van der Waals surface area contributed by atoms with E-state index in [-0.39, 0.29) is 34.8 Å². The van der Waals surface area contributed by atoms with Crippen molar-refractivity contribution in [2.24, 2.45) is 5.92 Å². The van der Waals surface area contributed by atoms with Crippen molar-refractivity contribution in [1.82, 2.24) is 14.4 Å². The zero-order chi connectivity index (χ0) is 22.7. The third-order valence-electron chi connectivity index (χ3n) is 4.95. The third kappa shape index (κ3) is 4.69. The van der Waals surface area contributed by atoms with Gasteiger partial charge in [-0.25, -0.2) is 8.42 Å². The van der Waals surface area contributed by atoms with Gasteiger partial charge in [-0.15, -0.1) is 11.3 Å². The van der Waals surface area contributed by atoms with E-state index in [0.29, 0.717) is 24.9 Å². The number of piperidine rings is 1. The molecule has 3 aromatic rings. The SMILES string of the molecule is O=C(OCc1nc(-c2ccc([N+](=O)[O-])cc2)no1)C1CCCN(S(=O)(=O)c2cccs2)C1. The molecule has 3 heterocycles. The predicted octanol–water partition coefficient (Wildman–Crippen LogP) is 2.85. The van der Waals surface area contributed by atoms with E-state index in [9.17, 15) is 23.3 Å². The Kier molecular flexibility index (Phi) is 6.30. The standard InChI is InChI=1S/C19H18N4O7S2/c24-19(14-3-1-9-22(11-14)32(27,28)17-4-2-10-31-17)29-12-16-20-18(21-30-16)13-5-7-15(8-6-13)23(25)26/h2,4-8,10,14H,1,3,9,11-12H2. The van der Waals surface area contributed by atoms with E-state index < -0.39 is 26.8 Å². The van der Waals surface area contributed by atoms with Crippen LogP contribution in [0.4, 0.5) is 5.69 Å². The normalized spacial score (nSPS) is 17.2. The van der Waals surface area contributed by atoms with Crippen molar-refractivity contribution in [3.8, 4) is 11.4 Å². The zero-order valence-corrected chi connectivity index (χ0v) is 18.3. The molecule has 0 saturated carbocycles. The lowest BCUT2D eigenvalue weighted by molar-refractivity contribution is -0.384. The van der Waals surface area contributed by atoms with E-state index in [1.165, 1.54) is 28.6 Å². The van der Waals surface area contributed by atoms with Crippen LogP contribution in [-0.4, -0.2) is 46.8 Å². The highest BCUT2D eigenvalue weighted by molar-refractivity contribution is 7.91. The molecule has 168 valence electrons. The molecule has 2 aromatic heterocycles. The number of hydrogen-bond acceptors (Lipinski definition) is 10. The molecule has 11 nitrogen and oxygen atoms in total. The van der Waals surface area contributed by atoms with Crippen LogP contribution in [0.1, 0.15) is 18.7 Å². The fraction of sp³-hybridized carbons (Fsp3) is 0.316. The number of esters is 1. The summed E-state index contributed by atoms with van der Waals surface area (Å²) < 4.78 is 37.3. The number of nitro benzene ring substituents is 1. The summed E-state index contributed by atoms with van der Waals surface area (Å²) in [5.74, 6) is -0.857. The summed E-state index contributed by atoms with van der Waals surface area (Å²) in [5, 5.41) is 16.2. The van der Waals surface area contributed by atoms with Crippen molar-refractivity contribution in [1.29, 1.82) is 0 Å². The molecule has 1 fully saturated rings. The molecule has 0 spiro atoms. The topological polar surface area (TPSA) is 146 Å². The molecule has 0 amide bonds. The Labute approximate surface area is 186 Å². The molecule has 0 bridgehead atoms. The van der Waals surface area contributed by atoms with Gasteiger partial charge < -0.3 is 9.26 Å². The van der Waals surface area contributed by atoms with Gasteiger partial charge >= 0.3 is 5.97 Å². The van der Waals surface area contributed by atoms with E-state index in [1.807, 2.05) is 0 Å². The van der Waals surface area contributed by atoms with E-state index >= 15 is 0 Å². The van der Waals surface area contributed by atoms with Crippen LogP contribution in [0.5, 0.6) is 0 Å². The van der Waals surface area contributed by atoms with E-state index in [1.54, 1.807) is 17.5 Å². The number of sulfonamides is 1. The van der Waals surface area contributed by atoms with Crippen molar-refractivity contribution in [2.45, 2.75) is 23.7 Å². The summed E-state index contributed by atoms with van der Waals surface area (Å²) in [6, 6.07) is 8.84. The second-order valence-electron chi connectivity index (χ2n) is 7.06. The minimum atomic E-state index is -3.63. The summed E-state index contributed by atoms with van der Waals surface area (Å²) in [4.78, 5) is 26.9. The van der Waals surface area contributed by atoms with E-state index in [0.717, 1.165) is 11.3 Å². The van der Waals surface area contributed by atoms with Crippen molar-refractivity contribution in [2.75, 3.05) is 13.1 Å². The average Bonchev–Trinajstić information content (AvgIpc) is 3.50. The molecular formula is C19H18N4O7S2. The van der Waals surface area contributed by atoms with Gasteiger partial charge in [-0.1, -0.05) is 11.2 Å².